The van der Waals surface area contributed by atoms with E-state index < -0.39 is 6.04 Å². The van der Waals surface area contributed by atoms with Crippen LogP contribution in [0, 0.1) is 5.53 Å². The van der Waals surface area contributed by atoms with Crippen LogP contribution in [-0.2, 0) is 4.74 Å². The highest BCUT2D eigenvalue weighted by Crippen LogP contribution is 2.28. The molecule has 1 unspecified atom stereocenters. The molecule has 10 heteroatoms. The molecule has 3 aromatic rings. The Labute approximate surface area is 190 Å². The molecule has 0 spiro atoms. The molecule has 1 aromatic heterocycles. The number of aliphatic imine (C=N–C) groups is 1. The van der Waals surface area contributed by atoms with Crippen LogP contribution in [0.15, 0.2) is 52.6 Å². The number of aliphatic hydroxyl groups is 1. The lowest BCUT2D eigenvalue weighted by Crippen LogP contribution is -2.40. The van der Waals surface area contributed by atoms with Crippen LogP contribution in [0.4, 0.5) is 5.69 Å². The Kier molecular flexibility index (Phi) is 7.38. The van der Waals surface area contributed by atoms with Gasteiger partial charge in [-0.15, -0.1) is 0 Å². The zero-order valence-corrected chi connectivity index (χ0v) is 18.1. The molecule has 33 heavy (non-hydrogen) atoms. The largest absolute Gasteiger partial charge is 0.493 e. The highest BCUT2D eigenvalue weighted by Gasteiger charge is 2.18. The van der Waals surface area contributed by atoms with Crippen LogP contribution < -0.4 is 4.74 Å². The van der Waals surface area contributed by atoms with Gasteiger partial charge >= 0.3 is 0 Å². The van der Waals surface area contributed by atoms with Crippen LogP contribution in [0.5, 0.6) is 5.75 Å². The number of aliphatic hydroxyl groups excluding tert-OH is 1. The Morgan fingerprint density at radius 2 is 2.06 bits per heavy atom. The van der Waals surface area contributed by atoms with Crippen molar-refractivity contribution in [3.05, 3.63) is 53.7 Å². The van der Waals surface area contributed by atoms with Crippen molar-refractivity contribution in [1.29, 1.82) is 5.53 Å². The van der Waals surface area contributed by atoms with Gasteiger partial charge in [0.2, 0.25) is 0 Å². The van der Waals surface area contributed by atoms with Crippen molar-refractivity contribution in [3.8, 4) is 5.75 Å². The molecule has 2 aromatic carbocycles. The smallest absolute Gasteiger partial charge is 0.254 e. The number of fused-ring (bicyclic) bond motifs is 1. The van der Waals surface area contributed by atoms with Crippen molar-refractivity contribution in [2.45, 2.75) is 12.5 Å². The van der Waals surface area contributed by atoms with Gasteiger partial charge in [0.05, 0.1) is 36.7 Å². The van der Waals surface area contributed by atoms with E-state index in [1.165, 1.54) is 0 Å². The summed E-state index contributed by atoms with van der Waals surface area (Å²) in [4.78, 5) is 18.8. The Morgan fingerprint density at radius 1 is 1.27 bits per heavy atom. The molecular weight excluding hydrogens is 424 g/mol. The summed E-state index contributed by atoms with van der Waals surface area (Å²) in [6.07, 6.45) is 2.11. The van der Waals surface area contributed by atoms with E-state index in [9.17, 15) is 4.79 Å². The molecular formula is C23H26N6O4. The number of amides is 1. The van der Waals surface area contributed by atoms with Gasteiger partial charge in [-0.1, -0.05) is 0 Å². The van der Waals surface area contributed by atoms with E-state index in [1.807, 2.05) is 18.2 Å². The molecule has 1 saturated heterocycles. The first-order chi connectivity index (χ1) is 16.2. The van der Waals surface area contributed by atoms with Gasteiger partial charge in [-0.05, 0) is 42.5 Å². The first-order valence-electron chi connectivity index (χ1n) is 10.8. The zero-order chi connectivity index (χ0) is 23.0. The van der Waals surface area contributed by atoms with Crippen LogP contribution in [-0.4, -0.2) is 71.8 Å². The Hall–Kier alpha value is -3.63. The zero-order valence-electron chi connectivity index (χ0n) is 18.1. The van der Waals surface area contributed by atoms with E-state index in [0.29, 0.717) is 62.0 Å². The van der Waals surface area contributed by atoms with Gasteiger partial charge in [0.15, 0.2) is 0 Å². The summed E-state index contributed by atoms with van der Waals surface area (Å²) >= 11 is 0. The molecule has 1 atom stereocenters. The molecule has 0 aliphatic carbocycles. The van der Waals surface area contributed by atoms with Gasteiger partial charge in [0.25, 0.3) is 5.91 Å². The van der Waals surface area contributed by atoms with E-state index in [2.05, 4.69) is 20.3 Å². The number of H-pyrrole nitrogens is 1. The number of aromatic nitrogens is 2. The van der Waals surface area contributed by atoms with Gasteiger partial charge in [-0.25, -0.2) is 5.53 Å². The highest BCUT2D eigenvalue weighted by atomic mass is 16.5. The van der Waals surface area contributed by atoms with Crippen LogP contribution in [0.2, 0.25) is 0 Å². The van der Waals surface area contributed by atoms with Crippen LogP contribution in [0.25, 0.3) is 10.9 Å². The van der Waals surface area contributed by atoms with Gasteiger partial charge in [-0.3, -0.25) is 14.9 Å². The molecule has 0 bridgehead atoms. The summed E-state index contributed by atoms with van der Waals surface area (Å²) in [6, 6.07) is 11.8. The van der Waals surface area contributed by atoms with E-state index in [-0.39, 0.29) is 12.5 Å². The van der Waals surface area contributed by atoms with Crippen LogP contribution in [0.1, 0.15) is 28.5 Å². The summed E-state index contributed by atoms with van der Waals surface area (Å²) in [7, 11) is 0. The van der Waals surface area contributed by atoms with Gasteiger partial charge < -0.3 is 19.5 Å². The first-order valence-corrected chi connectivity index (χ1v) is 10.8. The van der Waals surface area contributed by atoms with Crippen molar-refractivity contribution in [3.63, 3.8) is 0 Å². The van der Waals surface area contributed by atoms with Crippen molar-refractivity contribution < 1.29 is 19.4 Å². The minimum atomic E-state index is -0.655. The number of aromatic amines is 1. The number of ether oxygens (including phenoxy) is 2. The Bertz CT molecular complexity index is 1120. The fourth-order valence-corrected chi connectivity index (χ4v) is 3.55. The molecule has 10 nitrogen and oxygen atoms in total. The third-order valence-corrected chi connectivity index (χ3v) is 5.34. The number of nitrogens with one attached hydrogen (secondary N) is 2. The number of carbonyl (C=O) groups is 1. The maximum Gasteiger partial charge on any atom is 0.254 e. The average Bonchev–Trinajstić information content (AvgIpc) is 3.28. The summed E-state index contributed by atoms with van der Waals surface area (Å²) in [5, 5.41) is 20.6. The topological polar surface area (TPSA) is 136 Å². The third kappa shape index (κ3) is 5.41. The van der Waals surface area contributed by atoms with E-state index in [1.54, 1.807) is 35.4 Å². The number of nitrogens with zero attached hydrogens (tertiary/aromatic N) is 4. The number of carbonyl (C=O) groups excluding carboxylic acids is 1. The SMILES string of the molecule is N=NC(C=Nc1ccc(C(=O)N2CCOCC2)cc1)c1[nH]nc2ccc(OCCCO)cc12. The second kappa shape index (κ2) is 10.8. The number of hydrogen-bond donors (Lipinski definition) is 3. The van der Waals surface area contributed by atoms with E-state index in [0.717, 1.165) is 10.9 Å². The predicted molar refractivity (Wildman–Crippen MR) is 122 cm³/mol. The maximum atomic E-state index is 12.6. The summed E-state index contributed by atoms with van der Waals surface area (Å²) < 4.78 is 10.9. The van der Waals surface area contributed by atoms with E-state index in [4.69, 9.17) is 20.1 Å². The second-order valence-corrected chi connectivity index (χ2v) is 7.55. The number of morpholine rings is 1. The van der Waals surface area contributed by atoms with Gasteiger partial charge in [-0.2, -0.15) is 10.2 Å². The lowest BCUT2D eigenvalue weighted by molar-refractivity contribution is 0.0303. The first kappa shape index (κ1) is 22.6. The lowest BCUT2D eigenvalue weighted by atomic mass is 10.1. The van der Waals surface area contributed by atoms with E-state index >= 15 is 0 Å². The number of hydrogen-bond acceptors (Lipinski definition) is 8. The second-order valence-electron chi connectivity index (χ2n) is 7.55. The minimum absolute atomic E-state index is 0.0196. The number of rotatable bonds is 9. The normalized spacial score (nSPS) is 15.1. The predicted octanol–water partition coefficient (Wildman–Crippen LogP) is 3.27. The van der Waals surface area contributed by atoms with Crippen molar-refractivity contribution >= 4 is 28.7 Å². The third-order valence-electron chi connectivity index (χ3n) is 5.34. The summed E-state index contributed by atoms with van der Waals surface area (Å²) in [5.41, 5.74) is 10.3. The molecule has 3 N–H and O–H groups in total. The highest BCUT2D eigenvalue weighted by molar-refractivity contribution is 5.94. The summed E-state index contributed by atoms with van der Waals surface area (Å²) in [5.74, 6) is 0.633. The van der Waals surface area contributed by atoms with Gasteiger partial charge in [0, 0.05) is 43.3 Å². The fraction of sp³-hybridized carbons (Fsp3) is 0.348. The molecule has 1 aliphatic rings. The number of benzene rings is 2. The molecule has 0 radical (unpaired) electrons. The molecule has 1 aliphatic heterocycles. The standard InChI is InChI=1S/C23H26N6O4/c24-26-21(22-19-14-18(33-11-1-10-30)6-7-20(19)27-28-22)15-25-17-4-2-16(3-5-17)23(31)29-8-12-32-13-9-29/h2-7,14-15,21,24,30H,1,8-13H2,(H,27,28). The average molecular weight is 450 g/mol. The molecule has 0 saturated carbocycles. The quantitative estimate of drug-likeness (QED) is 0.261. The Balaban J connectivity index is 1.47. The monoisotopic (exact) mass is 450 g/mol. The Morgan fingerprint density at radius 3 is 2.79 bits per heavy atom. The minimum Gasteiger partial charge on any atom is -0.493 e. The van der Waals surface area contributed by atoms with Gasteiger partial charge in [0.1, 0.15) is 11.8 Å². The molecule has 4 rings (SSSR count). The molecule has 1 fully saturated rings. The van der Waals surface area contributed by atoms with Crippen molar-refractivity contribution in [2.24, 2.45) is 10.1 Å². The molecule has 1 amide bonds. The maximum absolute atomic E-state index is 12.6. The van der Waals surface area contributed by atoms with Crippen LogP contribution in [0.3, 0.4) is 0 Å². The van der Waals surface area contributed by atoms with Crippen molar-refractivity contribution in [2.75, 3.05) is 39.5 Å². The molecule has 172 valence electrons. The fourth-order valence-electron chi connectivity index (χ4n) is 3.55. The molecule has 2 heterocycles. The lowest BCUT2D eigenvalue weighted by Gasteiger charge is -2.26. The van der Waals surface area contributed by atoms with Crippen LogP contribution >= 0.6 is 0 Å². The summed E-state index contributed by atoms with van der Waals surface area (Å²) in [6.45, 7) is 2.79. The van der Waals surface area contributed by atoms with Crippen molar-refractivity contribution in [1.82, 2.24) is 15.1 Å².